The van der Waals surface area contributed by atoms with Gasteiger partial charge in [0.1, 0.15) is 0 Å². The third-order valence-electron chi connectivity index (χ3n) is 3.07. The normalized spacial score (nSPS) is 23.6. The highest BCUT2D eigenvalue weighted by Crippen LogP contribution is 2.13. The Kier molecular flexibility index (Phi) is 6.22. The molecule has 1 aliphatic rings. The fourth-order valence-corrected chi connectivity index (χ4v) is 2.09. The fourth-order valence-electron chi connectivity index (χ4n) is 2.09. The lowest BCUT2D eigenvalue weighted by Crippen LogP contribution is -2.33. The molecule has 0 aromatic carbocycles. The summed E-state index contributed by atoms with van der Waals surface area (Å²) in [6.45, 7) is 8.66. The molecular weight excluding hydrogens is 188 g/mol. The van der Waals surface area contributed by atoms with E-state index in [-0.39, 0.29) is 0 Å². The summed E-state index contributed by atoms with van der Waals surface area (Å²) in [5, 5.41) is 0. The number of nitrogens with two attached hydrogens (primary N) is 1. The van der Waals surface area contributed by atoms with Crippen molar-refractivity contribution in [3.63, 3.8) is 0 Å². The summed E-state index contributed by atoms with van der Waals surface area (Å²) >= 11 is 0. The Balaban J connectivity index is 2.11. The topological polar surface area (TPSA) is 38.5 Å². The quantitative estimate of drug-likeness (QED) is 0.700. The zero-order valence-electron chi connectivity index (χ0n) is 10.2. The van der Waals surface area contributed by atoms with Crippen molar-refractivity contribution in [1.29, 1.82) is 0 Å². The van der Waals surface area contributed by atoms with Gasteiger partial charge in [-0.05, 0) is 45.7 Å². The molecule has 0 aromatic heterocycles. The van der Waals surface area contributed by atoms with Crippen LogP contribution in [0.2, 0.25) is 0 Å². The minimum absolute atomic E-state index is 0.339. The van der Waals surface area contributed by atoms with Gasteiger partial charge in [0, 0.05) is 19.2 Å². The molecule has 0 aromatic rings. The Bertz CT molecular complexity index is 156. The van der Waals surface area contributed by atoms with Crippen LogP contribution in [-0.4, -0.2) is 43.3 Å². The second-order valence-corrected chi connectivity index (χ2v) is 4.65. The van der Waals surface area contributed by atoms with Gasteiger partial charge in [0.25, 0.3) is 0 Å². The van der Waals surface area contributed by atoms with Crippen LogP contribution in [0.15, 0.2) is 0 Å². The molecule has 2 N–H and O–H groups in total. The van der Waals surface area contributed by atoms with Crippen LogP contribution in [0.3, 0.4) is 0 Å². The molecule has 1 fully saturated rings. The Morgan fingerprint density at radius 2 is 2.33 bits per heavy atom. The lowest BCUT2D eigenvalue weighted by atomic mass is 10.1. The second kappa shape index (κ2) is 7.20. The fraction of sp³-hybridized carbons (Fsp3) is 1.00. The van der Waals surface area contributed by atoms with Gasteiger partial charge >= 0.3 is 0 Å². The van der Waals surface area contributed by atoms with Gasteiger partial charge in [-0.25, -0.2) is 0 Å². The molecule has 0 amide bonds. The molecule has 0 spiro atoms. The molecule has 3 heteroatoms. The van der Waals surface area contributed by atoms with E-state index in [2.05, 4.69) is 18.7 Å². The summed E-state index contributed by atoms with van der Waals surface area (Å²) in [7, 11) is 0. The zero-order chi connectivity index (χ0) is 11.1. The van der Waals surface area contributed by atoms with Gasteiger partial charge in [-0.2, -0.15) is 0 Å². The van der Waals surface area contributed by atoms with Crippen LogP contribution in [0.4, 0.5) is 0 Å². The number of hydrogen-bond donors (Lipinski definition) is 1. The van der Waals surface area contributed by atoms with Gasteiger partial charge < -0.3 is 15.4 Å². The van der Waals surface area contributed by atoms with Crippen molar-refractivity contribution in [1.82, 2.24) is 4.90 Å². The van der Waals surface area contributed by atoms with E-state index >= 15 is 0 Å². The number of rotatable bonds is 7. The molecule has 15 heavy (non-hydrogen) atoms. The minimum Gasteiger partial charge on any atom is -0.377 e. The van der Waals surface area contributed by atoms with Crippen molar-refractivity contribution < 1.29 is 4.74 Å². The van der Waals surface area contributed by atoms with Crippen LogP contribution in [0.1, 0.15) is 39.5 Å². The molecule has 0 bridgehead atoms. The van der Waals surface area contributed by atoms with Crippen molar-refractivity contribution in [3.8, 4) is 0 Å². The van der Waals surface area contributed by atoms with Crippen molar-refractivity contribution in [3.05, 3.63) is 0 Å². The summed E-state index contributed by atoms with van der Waals surface area (Å²) in [6, 6.07) is 0.339. The highest BCUT2D eigenvalue weighted by Gasteiger charge is 2.17. The van der Waals surface area contributed by atoms with Crippen LogP contribution in [0.5, 0.6) is 0 Å². The summed E-state index contributed by atoms with van der Waals surface area (Å²) in [4.78, 5) is 2.48. The lowest BCUT2D eigenvalue weighted by molar-refractivity contribution is 0.0742. The Labute approximate surface area is 94.0 Å². The number of hydrogen-bond acceptors (Lipinski definition) is 3. The number of ether oxygens (including phenoxy) is 1. The lowest BCUT2D eigenvalue weighted by Gasteiger charge is -2.23. The Morgan fingerprint density at radius 1 is 1.53 bits per heavy atom. The van der Waals surface area contributed by atoms with E-state index in [0.717, 1.165) is 32.7 Å². The van der Waals surface area contributed by atoms with Gasteiger partial charge in [-0.1, -0.05) is 6.92 Å². The number of nitrogens with zero attached hydrogens (tertiary/aromatic N) is 1. The molecule has 1 rings (SSSR count). The molecule has 1 heterocycles. The van der Waals surface area contributed by atoms with E-state index in [4.69, 9.17) is 10.5 Å². The summed E-state index contributed by atoms with van der Waals surface area (Å²) in [5.74, 6) is 0. The van der Waals surface area contributed by atoms with Gasteiger partial charge in [0.05, 0.1) is 6.10 Å². The highest BCUT2D eigenvalue weighted by atomic mass is 16.5. The zero-order valence-corrected chi connectivity index (χ0v) is 10.2. The molecule has 1 saturated heterocycles. The standard InChI is InChI=1S/C12H26N2O/c1-3-14(8-4-6-11(2)13)10-12-7-5-9-15-12/h11-12H,3-10,13H2,1-2H3. The maximum Gasteiger partial charge on any atom is 0.0702 e. The largest absolute Gasteiger partial charge is 0.377 e. The van der Waals surface area contributed by atoms with Gasteiger partial charge in [0.15, 0.2) is 0 Å². The maximum atomic E-state index is 5.74. The van der Waals surface area contributed by atoms with E-state index in [0.29, 0.717) is 12.1 Å². The molecule has 90 valence electrons. The molecule has 0 aliphatic carbocycles. The van der Waals surface area contributed by atoms with Crippen molar-refractivity contribution in [2.45, 2.75) is 51.7 Å². The first kappa shape index (κ1) is 12.9. The first-order valence-corrected chi connectivity index (χ1v) is 6.32. The molecule has 1 aliphatic heterocycles. The Hall–Kier alpha value is -0.120. The Morgan fingerprint density at radius 3 is 2.87 bits per heavy atom. The van der Waals surface area contributed by atoms with Crippen molar-refractivity contribution in [2.24, 2.45) is 5.73 Å². The van der Waals surface area contributed by atoms with Crippen LogP contribution in [0, 0.1) is 0 Å². The molecule has 0 radical (unpaired) electrons. The van der Waals surface area contributed by atoms with E-state index in [9.17, 15) is 0 Å². The third-order valence-corrected chi connectivity index (χ3v) is 3.07. The van der Waals surface area contributed by atoms with E-state index in [1.54, 1.807) is 0 Å². The summed E-state index contributed by atoms with van der Waals surface area (Å²) in [6.07, 6.45) is 5.30. The van der Waals surface area contributed by atoms with Crippen LogP contribution < -0.4 is 5.73 Å². The van der Waals surface area contributed by atoms with Crippen molar-refractivity contribution in [2.75, 3.05) is 26.2 Å². The van der Waals surface area contributed by atoms with Gasteiger partial charge in [0.2, 0.25) is 0 Å². The maximum absolute atomic E-state index is 5.74. The number of likely N-dealkylation sites (N-methyl/N-ethyl adjacent to an activating group) is 1. The minimum atomic E-state index is 0.339. The highest BCUT2D eigenvalue weighted by molar-refractivity contribution is 4.70. The monoisotopic (exact) mass is 214 g/mol. The van der Waals surface area contributed by atoms with Crippen molar-refractivity contribution >= 4 is 0 Å². The SMILES string of the molecule is CCN(CCCC(C)N)CC1CCCO1. The van der Waals surface area contributed by atoms with Crippen LogP contribution in [-0.2, 0) is 4.74 Å². The van der Waals surface area contributed by atoms with Crippen LogP contribution >= 0.6 is 0 Å². The average molecular weight is 214 g/mol. The molecular formula is C12H26N2O. The average Bonchev–Trinajstić information content (AvgIpc) is 2.68. The van der Waals surface area contributed by atoms with Gasteiger partial charge in [-0.3, -0.25) is 0 Å². The summed E-state index contributed by atoms with van der Waals surface area (Å²) in [5.41, 5.74) is 5.74. The predicted octanol–water partition coefficient (Wildman–Crippen LogP) is 1.61. The first-order chi connectivity index (χ1) is 7.22. The predicted molar refractivity (Wildman–Crippen MR) is 64.0 cm³/mol. The van der Waals surface area contributed by atoms with E-state index < -0.39 is 0 Å². The molecule has 2 unspecified atom stereocenters. The van der Waals surface area contributed by atoms with Crippen LogP contribution in [0.25, 0.3) is 0 Å². The smallest absolute Gasteiger partial charge is 0.0702 e. The molecule has 3 nitrogen and oxygen atoms in total. The first-order valence-electron chi connectivity index (χ1n) is 6.32. The third kappa shape index (κ3) is 5.50. The molecule has 0 saturated carbocycles. The second-order valence-electron chi connectivity index (χ2n) is 4.65. The van der Waals surface area contributed by atoms with Gasteiger partial charge in [-0.15, -0.1) is 0 Å². The molecule has 2 atom stereocenters. The van der Waals surface area contributed by atoms with E-state index in [1.807, 2.05) is 0 Å². The van der Waals surface area contributed by atoms with E-state index in [1.165, 1.54) is 19.3 Å². The summed E-state index contributed by atoms with van der Waals surface area (Å²) < 4.78 is 5.65.